The monoisotopic (exact) mass is 340 g/mol. The molecule has 0 aliphatic carbocycles. The summed E-state index contributed by atoms with van der Waals surface area (Å²) in [5, 5.41) is 0. The molecule has 4 heteroatoms. The van der Waals surface area contributed by atoms with Crippen molar-refractivity contribution in [3.63, 3.8) is 0 Å². The van der Waals surface area contributed by atoms with Gasteiger partial charge in [0.15, 0.2) is 12.7 Å². The topological polar surface area (TPSA) is 18.0 Å². The lowest BCUT2D eigenvalue weighted by molar-refractivity contribution is -0.740. The Hall–Kier alpha value is -2.52. The van der Waals surface area contributed by atoms with Crippen molar-refractivity contribution in [3.8, 4) is 28.3 Å². The second kappa shape index (κ2) is 7.84. The molecule has 0 saturated carbocycles. The Labute approximate surface area is 149 Å². The second-order valence-corrected chi connectivity index (χ2v) is 5.41. The van der Waals surface area contributed by atoms with Gasteiger partial charge in [0.05, 0.1) is 12.6 Å². The third-order valence-corrected chi connectivity index (χ3v) is 3.97. The molecule has 0 fully saturated rings. The van der Waals surface area contributed by atoms with Crippen LogP contribution in [0.2, 0.25) is 0 Å². The van der Waals surface area contributed by atoms with E-state index in [1.165, 1.54) is 0 Å². The van der Waals surface area contributed by atoms with Crippen LogP contribution in [-0.4, -0.2) is 11.3 Å². The van der Waals surface area contributed by atoms with E-state index in [4.69, 9.17) is 4.74 Å². The van der Waals surface area contributed by atoms with Gasteiger partial charge in [-0.15, -0.1) is 4.68 Å². The molecule has 0 N–H and O–H groups in total. The molecule has 0 bridgehead atoms. The van der Waals surface area contributed by atoms with Crippen molar-refractivity contribution in [1.82, 2.24) is 4.68 Å². The highest BCUT2D eigenvalue weighted by Gasteiger charge is 2.29. The van der Waals surface area contributed by atoms with Gasteiger partial charge < -0.3 is 17.1 Å². The van der Waals surface area contributed by atoms with Crippen molar-refractivity contribution in [2.75, 3.05) is 6.61 Å². The van der Waals surface area contributed by atoms with E-state index >= 15 is 0 Å². The van der Waals surface area contributed by atoms with Crippen LogP contribution in [0.3, 0.4) is 0 Å². The van der Waals surface area contributed by atoms with E-state index in [-0.39, 0.29) is 12.4 Å². The summed E-state index contributed by atoms with van der Waals surface area (Å²) in [6.07, 6.45) is 1.77. The molecular formula is C20H21ClN2O. The van der Waals surface area contributed by atoms with Crippen molar-refractivity contribution < 1.29 is 21.8 Å². The van der Waals surface area contributed by atoms with Gasteiger partial charge in [0.25, 0.3) is 5.69 Å². The minimum Gasteiger partial charge on any atom is -1.00 e. The lowest BCUT2D eigenvalue weighted by Crippen LogP contribution is -3.00. The summed E-state index contributed by atoms with van der Waals surface area (Å²) in [6.45, 7) is 4.25. The molecule has 3 rings (SSSR count). The summed E-state index contributed by atoms with van der Waals surface area (Å²) in [7, 11) is 4.10. The lowest BCUT2D eigenvalue weighted by atomic mass is 10.1. The summed E-state index contributed by atoms with van der Waals surface area (Å²) >= 11 is 0. The van der Waals surface area contributed by atoms with Crippen molar-refractivity contribution in [2.24, 2.45) is 14.1 Å². The van der Waals surface area contributed by atoms with Crippen molar-refractivity contribution in [2.45, 2.75) is 0 Å². The van der Waals surface area contributed by atoms with Crippen molar-refractivity contribution in [3.05, 3.63) is 73.3 Å². The third-order valence-electron chi connectivity index (χ3n) is 3.97. The number of nitrogens with zero attached hydrogens (tertiary/aromatic N) is 2. The highest BCUT2D eigenvalue weighted by Crippen LogP contribution is 2.37. The van der Waals surface area contributed by atoms with Crippen LogP contribution in [0, 0.1) is 0 Å². The van der Waals surface area contributed by atoms with Crippen molar-refractivity contribution >= 4 is 0 Å². The van der Waals surface area contributed by atoms with Gasteiger partial charge in [0.1, 0.15) is 6.61 Å². The normalized spacial score (nSPS) is 10.1. The summed E-state index contributed by atoms with van der Waals surface area (Å²) < 4.78 is 10.3. The predicted octanol–water partition coefficient (Wildman–Crippen LogP) is 0.752. The summed E-state index contributed by atoms with van der Waals surface area (Å²) in [5.74, 6) is 0.882. The molecular weight excluding hydrogens is 320 g/mol. The Balaban J connectivity index is 0.00000208. The van der Waals surface area contributed by atoms with Crippen LogP contribution in [0.1, 0.15) is 0 Å². The van der Waals surface area contributed by atoms with Gasteiger partial charge in [-0.3, -0.25) is 0 Å². The molecule has 0 amide bonds. The van der Waals surface area contributed by atoms with Crippen LogP contribution in [0.15, 0.2) is 73.3 Å². The quantitative estimate of drug-likeness (QED) is 0.495. The number of rotatable bonds is 5. The molecule has 124 valence electrons. The summed E-state index contributed by atoms with van der Waals surface area (Å²) in [6, 6.07) is 20.6. The maximum Gasteiger partial charge on any atom is 0.280 e. The molecule has 0 saturated heterocycles. The summed E-state index contributed by atoms with van der Waals surface area (Å²) in [4.78, 5) is 0. The molecule has 3 aromatic rings. The third kappa shape index (κ3) is 3.22. The van der Waals surface area contributed by atoms with E-state index in [9.17, 15) is 0 Å². The average Bonchev–Trinajstić information content (AvgIpc) is 2.85. The number of aromatic nitrogens is 2. The highest BCUT2D eigenvalue weighted by molar-refractivity contribution is 5.76. The smallest absolute Gasteiger partial charge is 0.280 e. The minimum atomic E-state index is 0. The number of hydrogen-bond acceptors (Lipinski definition) is 1. The van der Waals surface area contributed by atoms with E-state index < -0.39 is 0 Å². The fourth-order valence-electron chi connectivity index (χ4n) is 2.81. The standard InChI is InChI=1S/C20H21N2O.ClH/c1-4-15-23-20-18(16-11-7-5-8-12-16)21(2)22(3)19(20)17-13-9-6-10-14-17;/h4-14H,1,15H2,2-3H3;1H/q+1;/p-1. The fourth-order valence-corrected chi connectivity index (χ4v) is 2.81. The van der Waals surface area contributed by atoms with Crippen LogP contribution < -0.4 is 21.8 Å². The molecule has 0 aliphatic heterocycles. The molecule has 0 radical (unpaired) electrons. The van der Waals surface area contributed by atoms with E-state index in [0.29, 0.717) is 6.61 Å². The number of hydrogen-bond donors (Lipinski definition) is 0. The first-order chi connectivity index (χ1) is 11.2. The zero-order chi connectivity index (χ0) is 16.2. The van der Waals surface area contributed by atoms with E-state index in [1.807, 2.05) is 36.4 Å². The molecule has 2 aromatic carbocycles. The fraction of sp³-hybridized carbons (Fsp3) is 0.150. The van der Waals surface area contributed by atoms with Crippen LogP contribution in [0.5, 0.6) is 5.75 Å². The number of halogens is 1. The van der Waals surface area contributed by atoms with Gasteiger partial charge in [-0.2, -0.15) is 4.68 Å². The Morgan fingerprint density at radius 2 is 1.54 bits per heavy atom. The van der Waals surface area contributed by atoms with Crippen molar-refractivity contribution in [1.29, 1.82) is 0 Å². The molecule has 24 heavy (non-hydrogen) atoms. The molecule has 1 heterocycles. The first-order valence-corrected chi connectivity index (χ1v) is 7.67. The average molecular weight is 341 g/mol. The minimum absolute atomic E-state index is 0. The summed E-state index contributed by atoms with van der Waals surface area (Å²) in [5.41, 5.74) is 4.39. The first kappa shape index (κ1) is 17.8. The maximum absolute atomic E-state index is 6.07. The van der Waals surface area contributed by atoms with Crippen LogP contribution in [0.25, 0.3) is 22.5 Å². The zero-order valence-electron chi connectivity index (χ0n) is 13.9. The SMILES string of the molecule is C=CCOc1c(-c2ccccc2)n(C)[n+](C)c1-c1ccccc1.[Cl-]. The molecule has 0 spiro atoms. The van der Waals surface area contributed by atoms with Gasteiger partial charge in [0.2, 0.25) is 5.75 Å². The van der Waals surface area contributed by atoms with Crippen LogP contribution >= 0.6 is 0 Å². The van der Waals surface area contributed by atoms with Gasteiger partial charge in [0, 0.05) is 5.56 Å². The first-order valence-electron chi connectivity index (χ1n) is 7.67. The molecule has 3 nitrogen and oxygen atoms in total. The van der Waals surface area contributed by atoms with Gasteiger partial charge >= 0.3 is 0 Å². The Morgan fingerprint density at radius 3 is 2.08 bits per heavy atom. The van der Waals surface area contributed by atoms with Crippen LogP contribution in [-0.2, 0) is 14.1 Å². The lowest BCUT2D eigenvalue weighted by Gasteiger charge is -2.05. The van der Waals surface area contributed by atoms with E-state index in [2.05, 4.69) is 54.3 Å². The zero-order valence-corrected chi connectivity index (χ0v) is 14.7. The van der Waals surface area contributed by atoms with Gasteiger partial charge in [-0.1, -0.05) is 61.2 Å². The molecule has 0 unspecified atom stereocenters. The highest BCUT2D eigenvalue weighted by atomic mass is 35.5. The van der Waals surface area contributed by atoms with Gasteiger partial charge in [-0.05, 0) is 12.1 Å². The largest absolute Gasteiger partial charge is 1.00 e. The van der Waals surface area contributed by atoms with E-state index in [1.54, 1.807) is 6.08 Å². The maximum atomic E-state index is 6.07. The molecule has 1 aromatic heterocycles. The Bertz CT molecular complexity index is 748. The Kier molecular flexibility index (Phi) is 5.83. The second-order valence-electron chi connectivity index (χ2n) is 5.41. The Morgan fingerprint density at radius 1 is 1.00 bits per heavy atom. The van der Waals surface area contributed by atoms with Gasteiger partial charge in [-0.25, -0.2) is 0 Å². The molecule has 0 atom stereocenters. The molecule has 0 aliphatic rings. The van der Waals surface area contributed by atoms with Crippen LogP contribution in [0.4, 0.5) is 0 Å². The number of benzene rings is 2. The number of ether oxygens (including phenoxy) is 1. The van der Waals surface area contributed by atoms with E-state index in [0.717, 1.165) is 28.3 Å². The predicted molar refractivity (Wildman–Crippen MR) is 93.2 cm³/mol.